The average molecular weight is 390 g/mol. The molecule has 0 N–H and O–H groups in total. The van der Waals surface area contributed by atoms with E-state index in [2.05, 4.69) is 0 Å². The predicted octanol–water partition coefficient (Wildman–Crippen LogP) is 4.41. The van der Waals surface area contributed by atoms with Gasteiger partial charge in [0.25, 0.3) is 0 Å². The van der Waals surface area contributed by atoms with Crippen LogP contribution in [0.1, 0.15) is 46.1 Å². The number of ether oxygens (including phenoxy) is 2. The van der Waals surface area contributed by atoms with E-state index in [9.17, 15) is 9.59 Å². The summed E-state index contributed by atoms with van der Waals surface area (Å²) >= 11 is 0. The van der Waals surface area contributed by atoms with Gasteiger partial charge in [0.1, 0.15) is 5.76 Å². The number of carbonyl (C=O) groups excluding carboxylic acids is 2. The molecule has 1 saturated carbocycles. The Morgan fingerprint density at radius 2 is 1.90 bits per heavy atom. The molecule has 29 heavy (non-hydrogen) atoms. The predicted molar refractivity (Wildman–Crippen MR) is 110 cm³/mol. The van der Waals surface area contributed by atoms with E-state index >= 15 is 0 Å². The Morgan fingerprint density at radius 1 is 1.17 bits per heavy atom. The molecular weight excluding hydrogens is 364 g/mol. The van der Waals surface area contributed by atoms with Crippen molar-refractivity contribution in [3.05, 3.63) is 65.3 Å². The molecule has 3 aliphatic carbocycles. The van der Waals surface area contributed by atoms with Gasteiger partial charge in [-0.25, -0.2) is 0 Å². The molecule has 0 amide bonds. The zero-order valence-corrected chi connectivity index (χ0v) is 17.3. The summed E-state index contributed by atoms with van der Waals surface area (Å²) in [7, 11) is 0. The Hall–Kier alpha value is -2.46. The second-order valence-electron chi connectivity index (χ2n) is 9.43. The van der Waals surface area contributed by atoms with Gasteiger partial charge in [-0.3, -0.25) is 9.59 Å². The third-order valence-electron chi connectivity index (χ3n) is 7.01. The first kappa shape index (κ1) is 18.6. The van der Waals surface area contributed by atoms with Crippen LogP contribution in [0.15, 0.2) is 59.7 Å². The minimum absolute atomic E-state index is 0.0442. The van der Waals surface area contributed by atoms with Crippen molar-refractivity contribution in [3.63, 3.8) is 0 Å². The third-order valence-corrected chi connectivity index (χ3v) is 7.01. The fraction of sp³-hybridized carbons (Fsp3) is 0.440. The molecule has 1 spiro atoms. The van der Waals surface area contributed by atoms with Crippen molar-refractivity contribution in [2.75, 3.05) is 0 Å². The summed E-state index contributed by atoms with van der Waals surface area (Å²) in [4.78, 5) is 27.0. The number of ketones is 2. The maximum atomic E-state index is 13.7. The molecule has 2 fully saturated rings. The number of hydrogen-bond acceptors (Lipinski definition) is 4. The number of hydrogen-bond donors (Lipinski definition) is 0. The Kier molecular flexibility index (Phi) is 3.71. The molecule has 0 radical (unpaired) electrons. The molecule has 4 unspecified atom stereocenters. The van der Waals surface area contributed by atoms with Gasteiger partial charge in [-0.2, -0.15) is 0 Å². The molecule has 6 rings (SSSR count). The van der Waals surface area contributed by atoms with E-state index < -0.39 is 16.8 Å². The number of carbonyl (C=O) groups is 2. The molecule has 2 heterocycles. The smallest absolute Gasteiger partial charge is 0.189 e. The van der Waals surface area contributed by atoms with Crippen LogP contribution in [0.3, 0.4) is 0 Å². The molecule has 4 nitrogen and oxygen atoms in total. The van der Waals surface area contributed by atoms with Crippen molar-refractivity contribution in [1.29, 1.82) is 0 Å². The van der Waals surface area contributed by atoms with E-state index in [1.54, 1.807) is 6.08 Å². The van der Waals surface area contributed by atoms with Crippen LogP contribution >= 0.6 is 0 Å². The Bertz CT molecular complexity index is 1010. The molecule has 4 bridgehead atoms. The van der Waals surface area contributed by atoms with Crippen LogP contribution in [-0.4, -0.2) is 28.4 Å². The lowest BCUT2D eigenvalue weighted by Gasteiger charge is -2.55. The lowest BCUT2D eigenvalue weighted by Crippen LogP contribution is -2.70. The van der Waals surface area contributed by atoms with E-state index in [0.29, 0.717) is 24.2 Å². The van der Waals surface area contributed by atoms with E-state index in [-0.39, 0.29) is 23.4 Å². The summed E-state index contributed by atoms with van der Waals surface area (Å²) in [5.41, 5.74) is -0.268. The van der Waals surface area contributed by atoms with Gasteiger partial charge in [0.15, 0.2) is 22.8 Å². The van der Waals surface area contributed by atoms with Gasteiger partial charge in [0.2, 0.25) is 0 Å². The number of benzene rings is 1. The van der Waals surface area contributed by atoms with Crippen LogP contribution in [0.2, 0.25) is 0 Å². The zero-order chi connectivity index (χ0) is 20.6. The van der Waals surface area contributed by atoms with E-state index in [4.69, 9.17) is 9.47 Å². The lowest BCUT2D eigenvalue weighted by molar-refractivity contribution is -0.176. The van der Waals surface area contributed by atoms with Crippen molar-refractivity contribution in [2.45, 2.75) is 57.3 Å². The molecule has 5 aliphatic rings. The first-order valence-electron chi connectivity index (χ1n) is 10.3. The number of allylic oxidation sites excluding steroid dienone is 3. The van der Waals surface area contributed by atoms with E-state index in [1.807, 2.05) is 70.2 Å². The van der Waals surface area contributed by atoms with Crippen LogP contribution in [-0.2, 0) is 19.1 Å². The van der Waals surface area contributed by atoms with E-state index in [0.717, 1.165) is 11.1 Å². The molecule has 4 heteroatoms. The number of Topliss-reactive ketones (excluding diaryl/α,β-unsaturated/α-hetero) is 1. The quantitative estimate of drug-likeness (QED) is 0.717. The fourth-order valence-corrected chi connectivity index (χ4v) is 5.84. The van der Waals surface area contributed by atoms with Gasteiger partial charge < -0.3 is 9.47 Å². The third kappa shape index (κ3) is 2.24. The van der Waals surface area contributed by atoms with Crippen LogP contribution in [0.5, 0.6) is 0 Å². The SMILES string of the molecule is CC(C)=CCC12OC(C)(C)C3CC(C=C4C(=O)C=C(c5ccccc5)OC431)C2=O. The normalized spacial score (nSPS) is 36.1. The number of rotatable bonds is 3. The monoisotopic (exact) mass is 390 g/mol. The molecule has 1 aromatic carbocycles. The Morgan fingerprint density at radius 3 is 2.59 bits per heavy atom. The van der Waals surface area contributed by atoms with Crippen molar-refractivity contribution >= 4 is 17.3 Å². The molecule has 1 aromatic rings. The minimum atomic E-state index is -1.17. The highest BCUT2D eigenvalue weighted by molar-refractivity contribution is 6.14. The zero-order valence-electron chi connectivity index (χ0n) is 17.3. The van der Waals surface area contributed by atoms with Gasteiger partial charge in [0, 0.05) is 35.5 Å². The second kappa shape index (κ2) is 5.79. The van der Waals surface area contributed by atoms with Gasteiger partial charge >= 0.3 is 0 Å². The van der Waals surface area contributed by atoms with Crippen molar-refractivity contribution < 1.29 is 19.1 Å². The van der Waals surface area contributed by atoms with Crippen LogP contribution in [0.4, 0.5) is 0 Å². The first-order chi connectivity index (χ1) is 13.7. The minimum Gasteiger partial charge on any atom is -0.478 e. The van der Waals surface area contributed by atoms with Gasteiger partial charge in [-0.1, -0.05) is 48.1 Å². The highest BCUT2D eigenvalue weighted by atomic mass is 16.6. The largest absolute Gasteiger partial charge is 0.478 e. The summed E-state index contributed by atoms with van der Waals surface area (Å²) in [5.74, 6) is 0.139. The molecule has 0 aromatic heterocycles. The molecule has 1 saturated heterocycles. The van der Waals surface area contributed by atoms with Crippen molar-refractivity contribution in [1.82, 2.24) is 0 Å². The molecule has 4 atom stereocenters. The van der Waals surface area contributed by atoms with Crippen LogP contribution < -0.4 is 0 Å². The van der Waals surface area contributed by atoms with Gasteiger partial charge in [-0.05, 0) is 34.1 Å². The maximum Gasteiger partial charge on any atom is 0.189 e. The van der Waals surface area contributed by atoms with E-state index in [1.165, 1.54) is 0 Å². The molecular formula is C25H26O4. The van der Waals surface area contributed by atoms with Crippen LogP contribution in [0.25, 0.3) is 5.76 Å². The van der Waals surface area contributed by atoms with Crippen LogP contribution in [0, 0.1) is 11.8 Å². The topological polar surface area (TPSA) is 52.6 Å². The van der Waals surface area contributed by atoms with Gasteiger partial charge in [-0.15, -0.1) is 0 Å². The summed E-state index contributed by atoms with van der Waals surface area (Å²) < 4.78 is 13.4. The summed E-state index contributed by atoms with van der Waals surface area (Å²) in [6.07, 6.45) is 6.53. The molecule has 2 aliphatic heterocycles. The highest BCUT2D eigenvalue weighted by Gasteiger charge is 2.80. The van der Waals surface area contributed by atoms with Gasteiger partial charge in [0.05, 0.1) is 5.60 Å². The fourth-order valence-electron chi connectivity index (χ4n) is 5.84. The average Bonchev–Trinajstić information content (AvgIpc) is 2.84. The summed E-state index contributed by atoms with van der Waals surface area (Å²) in [6.45, 7) is 8.07. The Balaban J connectivity index is 1.75. The van der Waals surface area contributed by atoms with Crippen molar-refractivity contribution in [3.8, 4) is 0 Å². The standard InChI is InChI=1S/C25H26O4/c1-15(2)10-11-24-22(27)17-12-18-19(26)14-20(16-8-6-5-7-9-16)28-25(18,24)21(13-17)23(3,4)29-24/h5-10,12,14,17,21H,11,13H2,1-4H3. The highest BCUT2D eigenvalue weighted by Crippen LogP contribution is 2.67. The van der Waals surface area contributed by atoms with Crippen molar-refractivity contribution in [2.24, 2.45) is 11.8 Å². The molecule has 150 valence electrons. The first-order valence-corrected chi connectivity index (χ1v) is 10.3. The summed E-state index contributed by atoms with van der Waals surface area (Å²) in [5, 5.41) is 0. The lowest BCUT2D eigenvalue weighted by atomic mass is 9.51. The Labute approximate surface area is 171 Å². The maximum absolute atomic E-state index is 13.7. The summed E-state index contributed by atoms with van der Waals surface area (Å²) in [6, 6.07) is 9.63. The second-order valence-corrected chi connectivity index (χ2v) is 9.43.